The number of aromatic nitrogens is 2. The highest BCUT2D eigenvalue weighted by molar-refractivity contribution is 5.92. The predicted molar refractivity (Wildman–Crippen MR) is 56.5 cm³/mol. The van der Waals surface area contributed by atoms with Crippen molar-refractivity contribution in [2.45, 2.75) is 13.8 Å². The van der Waals surface area contributed by atoms with Gasteiger partial charge in [0.25, 0.3) is 0 Å². The van der Waals surface area contributed by atoms with Gasteiger partial charge in [-0.3, -0.25) is 9.59 Å². The molecular formula is C11H10N2O3. The van der Waals surface area contributed by atoms with Crippen LogP contribution in [-0.2, 0) is 0 Å². The van der Waals surface area contributed by atoms with Crippen molar-refractivity contribution in [1.82, 2.24) is 9.97 Å². The molecule has 0 saturated heterocycles. The van der Waals surface area contributed by atoms with Crippen LogP contribution in [-0.4, -0.2) is 22.5 Å². The molecule has 0 aromatic carbocycles. The lowest BCUT2D eigenvalue weighted by atomic mass is 10.1. The maximum atomic E-state index is 11.0. The number of carbonyl (C=O) groups excluding carboxylic acids is 2. The maximum absolute atomic E-state index is 11.0. The molecule has 2 aromatic rings. The van der Waals surface area contributed by atoms with E-state index in [2.05, 4.69) is 9.97 Å². The first-order valence-corrected chi connectivity index (χ1v) is 4.72. The van der Waals surface area contributed by atoms with Crippen molar-refractivity contribution >= 4 is 12.6 Å². The van der Waals surface area contributed by atoms with Gasteiger partial charge in [0.2, 0.25) is 0 Å². The van der Waals surface area contributed by atoms with E-state index in [1.807, 2.05) is 0 Å². The minimum Gasteiger partial charge on any atom is -0.449 e. The third-order valence-electron chi connectivity index (χ3n) is 2.45. The van der Waals surface area contributed by atoms with Crippen molar-refractivity contribution < 1.29 is 14.0 Å². The van der Waals surface area contributed by atoms with Crippen LogP contribution in [0.15, 0.2) is 10.7 Å². The van der Waals surface area contributed by atoms with E-state index in [1.165, 1.54) is 6.26 Å². The molecule has 0 amide bonds. The van der Waals surface area contributed by atoms with Gasteiger partial charge in [-0.2, -0.15) is 0 Å². The van der Waals surface area contributed by atoms with Crippen LogP contribution >= 0.6 is 0 Å². The highest BCUT2D eigenvalue weighted by Crippen LogP contribution is 2.25. The van der Waals surface area contributed by atoms with E-state index in [9.17, 15) is 9.59 Å². The Labute approximate surface area is 91.5 Å². The fourth-order valence-corrected chi connectivity index (χ4v) is 1.57. The molecule has 0 unspecified atom stereocenters. The minimum absolute atomic E-state index is 0.387. The molecule has 1 N–H and O–H groups in total. The number of aromatic amines is 1. The van der Waals surface area contributed by atoms with Crippen LogP contribution < -0.4 is 0 Å². The molecule has 82 valence electrons. The summed E-state index contributed by atoms with van der Waals surface area (Å²) in [5, 5.41) is 0. The van der Waals surface area contributed by atoms with Gasteiger partial charge >= 0.3 is 0 Å². The largest absolute Gasteiger partial charge is 0.449 e. The third-order valence-corrected chi connectivity index (χ3v) is 2.45. The molecule has 0 radical (unpaired) electrons. The van der Waals surface area contributed by atoms with Gasteiger partial charge in [-0.05, 0) is 12.5 Å². The quantitative estimate of drug-likeness (QED) is 0.798. The Kier molecular flexibility index (Phi) is 2.44. The van der Waals surface area contributed by atoms with Crippen molar-refractivity contribution in [3.63, 3.8) is 0 Å². The first kappa shape index (κ1) is 10.4. The van der Waals surface area contributed by atoms with Crippen LogP contribution in [0.5, 0.6) is 0 Å². The SMILES string of the molecule is Cc1nc(-c2[nH]c(C=O)c(C)c2C=O)co1. The number of aldehydes is 2. The molecule has 0 aliphatic carbocycles. The van der Waals surface area contributed by atoms with Gasteiger partial charge in [0, 0.05) is 12.5 Å². The molecule has 5 heteroatoms. The zero-order chi connectivity index (χ0) is 11.7. The lowest BCUT2D eigenvalue weighted by molar-refractivity contribution is 0.111. The smallest absolute Gasteiger partial charge is 0.191 e. The Bertz CT molecular complexity index is 552. The second kappa shape index (κ2) is 3.77. The van der Waals surface area contributed by atoms with Crippen molar-refractivity contribution in [3.8, 4) is 11.4 Å². The minimum atomic E-state index is 0.387. The standard InChI is InChI=1S/C11H10N2O3/c1-6-8(3-14)11(13-9(6)4-15)10-5-16-7(2)12-10/h3-5,13H,1-2H3. The summed E-state index contributed by atoms with van der Waals surface area (Å²) in [6.07, 6.45) is 2.83. The monoisotopic (exact) mass is 218 g/mol. The lowest BCUT2D eigenvalue weighted by Gasteiger charge is -1.92. The topological polar surface area (TPSA) is 76.0 Å². The Morgan fingerprint density at radius 2 is 2.06 bits per heavy atom. The van der Waals surface area contributed by atoms with Gasteiger partial charge in [-0.25, -0.2) is 4.98 Å². The second-order valence-corrected chi connectivity index (χ2v) is 3.44. The zero-order valence-electron chi connectivity index (χ0n) is 8.90. The van der Waals surface area contributed by atoms with Crippen molar-refractivity contribution in [1.29, 1.82) is 0 Å². The summed E-state index contributed by atoms with van der Waals surface area (Å²) in [5.74, 6) is 0.506. The van der Waals surface area contributed by atoms with Crippen LogP contribution in [0.25, 0.3) is 11.4 Å². The average molecular weight is 218 g/mol. The number of carbonyl (C=O) groups is 2. The molecule has 0 spiro atoms. The summed E-state index contributed by atoms with van der Waals surface area (Å²) >= 11 is 0. The van der Waals surface area contributed by atoms with E-state index in [1.54, 1.807) is 13.8 Å². The Morgan fingerprint density at radius 3 is 2.56 bits per heavy atom. The molecule has 0 atom stereocenters. The number of H-pyrrole nitrogens is 1. The number of hydrogen-bond donors (Lipinski definition) is 1. The van der Waals surface area contributed by atoms with E-state index in [0.717, 1.165) is 0 Å². The molecule has 2 heterocycles. The summed E-state index contributed by atoms with van der Waals surface area (Å²) in [4.78, 5) is 28.7. The van der Waals surface area contributed by atoms with E-state index in [-0.39, 0.29) is 0 Å². The van der Waals surface area contributed by atoms with Crippen LogP contribution in [0, 0.1) is 13.8 Å². The summed E-state index contributed by atoms with van der Waals surface area (Å²) in [6, 6.07) is 0. The average Bonchev–Trinajstić information content (AvgIpc) is 2.82. The second-order valence-electron chi connectivity index (χ2n) is 3.44. The van der Waals surface area contributed by atoms with E-state index >= 15 is 0 Å². The fraction of sp³-hybridized carbons (Fsp3) is 0.182. The van der Waals surface area contributed by atoms with Crippen LogP contribution in [0.1, 0.15) is 32.3 Å². The van der Waals surface area contributed by atoms with Gasteiger partial charge in [0.1, 0.15) is 12.0 Å². The molecule has 2 rings (SSSR count). The molecule has 16 heavy (non-hydrogen) atoms. The van der Waals surface area contributed by atoms with E-state index in [4.69, 9.17) is 4.42 Å². The number of aryl methyl sites for hydroxylation is 1. The molecule has 2 aromatic heterocycles. The number of nitrogens with zero attached hydrogens (tertiary/aromatic N) is 1. The molecule has 0 aliphatic heterocycles. The van der Waals surface area contributed by atoms with Gasteiger partial charge in [0.05, 0.1) is 11.4 Å². The van der Waals surface area contributed by atoms with Crippen molar-refractivity contribution in [2.75, 3.05) is 0 Å². The highest BCUT2D eigenvalue weighted by atomic mass is 16.3. The molecule has 0 saturated carbocycles. The van der Waals surface area contributed by atoms with Crippen LogP contribution in [0.3, 0.4) is 0 Å². The lowest BCUT2D eigenvalue weighted by Crippen LogP contribution is -1.86. The molecule has 0 fully saturated rings. The molecular weight excluding hydrogens is 208 g/mol. The van der Waals surface area contributed by atoms with Gasteiger partial charge < -0.3 is 9.40 Å². The number of rotatable bonds is 3. The Hall–Kier alpha value is -2.17. The summed E-state index contributed by atoms with van der Waals surface area (Å²) < 4.78 is 5.07. The maximum Gasteiger partial charge on any atom is 0.191 e. The number of oxazole rings is 1. The number of nitrogens with one attached hydrogen (secondary N) is 1. The van der Waals surface area contributed by atoms with Crippen LogP contribution in [0.2, 0.25) is 0 Å². The summed E-state index contributed by atoms with van der Waals surface area (Å²) in [6.45, 7) is 3.42. The third kappa shape index (κ3) is 1.46. The molecule has 0 bridgehead atoms. The van der Waals surface area contributed by atoms with Gasteiger partial charge in [-0.15, -0.1) is 0 Å². The first-order valence-electron chi connectivity index (χ1n) is 4.72. The van der Waals surface area contributed by atoms with Crippen LogP contribution in [0.4, 0.5) is 0 Å². The summed E-state index contributed by atoms with van der Waals surface area (Å²) in [5.41, 5.74) is 2.50. The van der Waals surface area contributed by atoms with Crippen molar-refractivity contribution in [2.24, 2.45) is 0 Å². The fourth-order valence-electron chi connectivity index (χ4n) is 1.57. The molecule has 0 aliphatic rings. The van der Waals surface area contributed by atoms with Crippen molar-refractivity contribution in [3.05, 3.63) is 29.0 Å². The van der Waals surface area contributed by atoms with E-state index in [0.29, 0.717) is 46.7 Å². The highest BCUT2D eigenvalue weighted by Gasteiger charge is 2.16. The Morgan fingerprint density at radius 1 is 1.31 bits per heavy atom. The Balaban J connectivity index is 2.64. The zero-order valence-corrected chi connectivity index (χ0v) is 8.90. The van der Waals surface area contributed by atoms with Gasteiger partial charge in [-0.1, -0.05) is 0 Å². The van der Waals surface area contributed by atoms with Gasteiger partial charge in [0.15, 0.2) is 18.5 Å². The first-order chi connectivity index (χ1) is 7.67. The number of hydrogen-bond acceptors (Lipinski definition) is 4. The van der Waals surface area contributed by atoms with E-state index < -0.39 is 0 Å². The predicted octanol–water partition coefficient (Wildman–Crippen LogP) is 1.91. The normalized spacial score (nSPS) is 10.4. The summed E-state index contributed by atoms with van der Waals surface area (Å²) in [7, 11) is 0. The molecule has 5 nitrogen and oxygen atoms in total.